The van der Waals surface area contributed by atoms with Crippen LogP contribution in [0.5, 0.6) is 0 Å². The molecule has 1 N–H and O–H groups in total. The Hall–Kier alpha value is -1.93. The van der Waals surface area contributed by atoms with E-state index < -0.39 is 0 Å². The van der Waals surface area contributed by atoms with Gasteiger partial charge in [-0.05, 0) is 44.0 Å². The van der Waals surface area contributed by atoms with E-state index in [1.807, 2.05) is 30.0 Å². The zero-order valence-corrected chi connectivity index (χ0v) is 16.1. The second kappa shape index (κ2) is 7.53. The first-order valence-electron chi connectivity index (χ1n) is 8.00. The third-order valence-corrected chi connectivity index (χ3v) is 5.76. The molecule has 0 aliphatic carbocycles. The predicted molar refractivity (Wildman–Crippen MR) is 103 cm³/mol. The predicted octanol–water partition coefficient (Wildman–Crippen LogP) is 4.13. The van der Waals surface area contributed by atoms with E-state index in [-0.39, 0.29) is 22.6 Å². The smallest absolute Gasteiger partial charge is 0.293 e. The van der Waals surface area contributed by atoms with Crippen molar-refractivity contribution in [3.05, 3.63) is 54.7 Å². The number of benzene rings is 1. The van der Waals surface area contributed by atoms with Gasteiger partial charge in [0.05, 0.1) is 9.80 Å². The second-order valence-electron chi connectivity index (χ2n) is 6.04. The first kappa shape index (κ1) is 17.9. The molecule has 6 nitrogen and oxygen atoms in total. The molecule has 1 amide bonds. The lowest BCUT2D eigenvalue weighted by molar-refractivity contribution is -0.384. The molecule has 3 rings (SSSR count). The van der Waals surface area contributed by atoms with E-state index >= 15 is 0 Å². The number of rotatable bonds is 4. The van der Waals surface area contributed by atoms with Crippen LogP contribution in [0.2, 0.25) is 0 Å². The van der Waals surface area contributed by atoms with Crippen LogP contribution in [0, 0.1) is 17.0 Å². The van der Waals surface area contributed by atoms with E-state index in [0.717, 1.165) is 22.6 Å². The molecule has 132 valence electrons. The number of nitro groups is 1. The van der Waals surface area contributed by atoms with Crippen LogP contribution in [0.3, 0.4) is 0 Å². The van der Waals surface area contributed by atoms with Gasteiger partial charge >= 0.3 is 0 Å². The van der Waals surface area contributed by atoms with Gasteiger partial charge in [0.25, 0.3) is 11.6 Å². The Labute approximate surface area is 158 Å². The topological polar surface area (TPSA) is 75.5 Å². The number of nitrogens with zero attached hydrogens (tertiary/aromatic N) is 2. The van der Waals surface area contributed by atoms with E-state index in [4.69, 9.17) is 0 Å². The van der Waals surface area contributed by atoms with Gasteiger partial charge in [-0.15, -0.1) is 11.3 Å². The molecule has 1 aromatic carbocycles. The average Bonchev–Trinajstić information content (AvgIpc) is 3.02. The Morgan fingerprint density at radius 2 is 2.04 bits per heavy atom. The van der Waals surface area contributed by atoms with Gasteiger partial charge in [-0.3, -0.25) is 14.9 Å². The lowest BCUT2D eigenvalue weighted by Gasteiger charge is -2.33. The van der Waals surface area contributed by atoms with Crippen molar-refractivity contribution in [2.45, 2.75) is 25.8 Å². The molecule has 0 spiro atoms. The summed E-state index contributed by atoms with van der Waals surface area (Å²) in [5, 5.41) is 14.4. The van der Waals surface area contributed by atoms with Gasteiger partial charge < -0.3 is 10.2 Å². The minimum Gasteiger partial charge on any atom is -0.366 e. The van der Waals surface area contributed by atoms with Gasteiger partial charge in [0.1, 0.15) is 5.69 Å². The molecule has 0 saturated carbocycles. The maximum absolute atomic E-state index is 12.2. The maximum atomic E-state index is 12.2. The Morgan fingerprint density at radius 1 is 1.32 bits per heavy atom. The Morgan fingerprint density at radius 3 is 2.64 bits per heavy atom. The number of carbonyl (C=O) groups is 1. The number of halogens is 1. The fourth-order valence-electron chi connectivity index (χ4n) is 2.99. The van der Waals surface area contributed by atoms with Crippen molar-refractivity contribution in [2.75, 3.05) is 18.0 Å². The molecule has 1 aliphatic heterocycles. The lowest BCUT2D eigenvalue weighted by Crippen LogP contribution is -2.44. The minimum atomic E-state index is -0.354. The second-order valence-corrected chi connectivity index (χ2v) is 8.24. The monoisotopic (exact) mass is 423 g/mol. The molecule has 1 saturated heterocycles. The number of nitrogens with one attached hydrogen (secondary N) is 1. The van der Waals surface area contributed by atoms with Gasteiger partial charge in [-0.25, -0.2) is 0 Å². The third-order valence-electron chi connectivity index (χ3n) is 4.27. The molecular formula is C17H18BrN3O3S. The molecule has 1 fully saturated rings. The van der Waals surface area contributed by atoms with E-state index in [1.54, 1.807) is 6.07 Å². The van der Waals surface area contributed by atoms with Crippen LogP contribution in [0.4, 0.5) is 11.4 Å². The molecule has 0 radical (unpaired) electrons. The van der Waals surface area contributed by atoms with Gasteiger partial charge in [0.2, 0.25) is 0 Å². The van der Waals surface area contributed by atoms with Crippen LogP contribution in [-0.2, 0) is 0 Å². The summed E-state index contributed by atoms with van der Waals surface area (Å²) in [6, 6.07) is 9.00. The van der Waals surface area contributed by atoms with Crippen molar-refractivity contribution >= 4 is 44.5 Å². The van der Waals surface area contributed by atoms with Gasteiger partial charge in [-0.2, -0.15) is 0 Å². The molecule has 0 atom stereocenters. The van der Waals surface area contributed by atoms with Crippen molar-refractivity contribution in [3.63, 3.8) is 0 Å². The molecule has 8 heteroatoms. The van der Waals surface area contributed by atoms with Crippen LogP contribution in [0.15, 0.2) is 34.8 Å². The highest BCUT2D eigenvalue weighted by molar-refractivity contribution is 9.10. The fourth-order valence-corrected chi connectivity index (χ4v) is 4.11. The number of thiophene rings is 1. The van der Waals surface area contributed by atoms with Crippen molar-refractivity contribution < 1.29 is 9.72 Å². The Bertz CT molecular complexity index is 800. The normalized spacial score (nSPS) is 15.2. The van der Waals surface area contributed by atoms with E-state index in [9.17, 15) is 14.9 Å². The zero-order chi connectivity index (χ0) is 18.0. The molecule has 0 bridgehead atoms. The molecule has 2 heterocycles. The fraction of sp³-hybridized carbons (Fsp3) is 0.353. The molecule has 25 heavy (non-hydrogen) atoms. The number of nitro benzene ring substituents is 1. The van der Waals surface area contributed by atoms with E-state index in [2.05, 4.69) is 21.2 Å². The summed E-state index contributed by atoms with van der Waals surface area (Å²) in [7, 11) is 0. The number of aryl methyl sites for hydroxylation is 1. The highest BCUT2D eigenvalue weighted by Gasteiger charge is 2.26. The number of carbonyl (C=O) groups excluding carboxylic acids is 1. The summed E-state index contributed by atoms with van der Waals surface area (Å²) in [5.41, 5.74) is 0.734. The number of piperidine rings is 1. The van der Waals surface area contributed by atoms with Crippen LogP contribution in [0.25, 0.3) is 0 Å². The highest BCUT2D eigenvalue weighted by Crippen LogP contribution is 2.32. The molecule has 1 aromatic heterocycles. The average molecular weight is 424 g/mol. The van der Waals surface area contributed by atoms with E-state index in [0.29, 0.717) is 23.2 Å². The van der Waals surface area contributed by atoms with Crippen molar-refractivity contribution in [1.29, 1.82) is 0 Å². The zero-order valence-electron chi connectivity index (χ0n) is 13.7. The first-order valence-corrected chi connectivity index (χ1v) is 9.61. The minimum absolute atomic E-state index is 0.0360. The Kier molecular flexibility index (Phi) is 5.39. The molecule has 2 aromatic rings. The Balaban J connectivity index is 1.62. The quantitative estimate of drug-likeness (QED) is 0.592. The van der Waals surface area contributed by atoms with Crippen LogP contribution >= 0.6 is 27.3 Å². The summed E-state index contributed by atoms with van der Waals surface area (Å²) in [4.78, 5) is 27.0. The molecule has 0 unspecified atom stereocenters. The van der Waals surface area contributed by atoms with Crippen molar-refractivity contribution in [2.24, 2.45) is 0 Å². The van der Waals surface area contributed by atoms with Crippen LogP contribution in [-0.4, -0.2) is 30.0 Å². The van der Waals surface area contributed by atoms with Gasteiger partial charge in [0.15, 0.2) is 0 Å². The SMILES string of the molecule is Cc1ccc(C(=O)NC2CCN(c3ccc(Br)cc3[N+](=O)[O-])CC2)s1. The van der Waals surface area contributed by atoms with Crippen molar-refractivity contribution in [3.8, 4) is 0 Å². The van der Waals surface area contributed by atoms with Crippen LogP contribution < -0.4 is 10.2 Å². The standard InChI is InChI=1S/C17H18BrN3O3S/c1-11-2-5-16(25-11)17(22)19-13-6-8-20(9-7-13)14-4-3-12(18)10-15(14)21(23)24/h2-5,10,13H,6-9H2,1H3,(H,19,22). The van der Waals surface area contributed by atoms with Crippen molar-refractivity contribution in [1.82, 2.24) is 5.32 Å². The summed E-state index contributed by atoms with van der Waals surface area (Å²) >= 11 is 4.77. The summed E-state index contributed by atoms with van der Waals surface area (Å²) in [6.07, 6.45) is 1.53. The van der Waals surface area contributed by atoms with Gasteiger partial charge in [0, 0.05) is 34.5 Å². The third kappa shape index (κ3) is 4.19. The largest absolute Gasteiger partial charge is 0.366 e. The number of anilines is 1. The summed E-state index contributed by atoms with van der Waals surface area (Å²) in [5.74, 6) is -0.0360. The number of amides is 1. The molecule has 1 aliphatic rings. The van der Waals surface area contributed by atoms with E-state index in [1.165, 1.54) is 17.4 Å². The molecular weight excluding hydrogens is 406 g/mol. The lowest BCUT2D eigenvalue weighted by atomic mass is 10.0. The highest BCUT2D eigenvalue weighted by atomic mass is 79.9. The summed E-state index contributed by atoms with van der Waals surface area (Å²) in [6.45, 7) is 3.33. The maximum Gasteiger partial charge on any atom is 0.293 e. The first-order chi connectivity index (χ1) is 11.9. The number of hydrogen-bond acceptors (Lipinski definition) is 5. The summed E-state index contributed by atoms with van der Waals surface area (Å²) < 4.78 is 0.691. The number of hydrogen-bond donors (Lipinski definition) is 1. The van der Waals surface area contributed by atoms with Crippen LogP contribution in [0.1, 0.15) is 27.4 Å². The van der Waals surface area contributed by atoms with Gasteiger partial charge in [-0.1, -0.05) is 15.9 Å².